The van der Waals surface area contributed by atoms with Gasteiger partial charge in [0.15, 0.2) is 0 Å². The van der Waals surface area contributed by atoms with Crippen molar-refractivity contribution in [1.82, 2.24) is 0 Å². The number of halogens is 9. The Labute approximate surface area is 226 Å². The van der Waals surface area contributed by atoms with Gasteiger partial charge in [0.1, 0.15) is 0 Å². The first-order chi connectivity index (χ1) is 14.4. The fourth-order valence-electron chi connectivity index (χ4n) is 3.35. The third-order valence-electron chi connectivity index (χ3n) is 5.17. The van der Waals surface area contributed by atoms with Crippen molar-refractivity contribution < 1.29 is 0 Å². The average Bonchev–Trinajstić information content (AvgIpc) is 2.68. The molecule has 162 valence electrons. The molecule has 0 unspecified atom stereocenters. The molecule has 0 fully saturated rings. The van der Waals surface area contributed by atoms with Crippen LogP contribution in [0.3, 0.4) is 0 Å². The molecule has 0 aliphatic carbocycles. The van der Waals surface area contributed by atoms with E-state index < -0.39 is 6.71 Å². The third-order valence-corrected chi connectivity index (χ3v) is 8.75. The van der Waals surface area contributed by atoms with E-state index >= 15 is 0 Å². The van der Waals surface area contributed by atoms with Crippen molar-refractivity contribution in [3.05, 3.63) is 80.1 Å². The van der Waals surface area contributed by atoms with Gasteiger partial charge in [-0.3, -0.25) is 0 Å². The smallest absolute Gasteiger partial charge is 0.0848 e. The van der Waals surface area contributed by atoms with Crippen LogP contribution in [0.2, 0.25) is 45.2 Å². The summed E-state index contributed by atoms with van der Waals surface area (Å²) in [6.45, 7) is 4.64. The summed E-state index contributed by atoms with van der Waals surface area (Å²) in [5.41, 5.74) is 3.47. The molecule has 10 heteroatoms. The molecule has 0 atom stereocenters. The van der Waals surface area contributed by atoms with Gasteiger partial charge in [0.2, 0.25) is 0 Å². The van der Waals surface area contributed by atoms with E-state index in [1.54, 1.807) is 39.0 Å². The van der Waals surface area contributed by atoms with Gasteiger partial charge >= 0.3 is 0 Å². The lowest BCUT2D eigenvalue weighted by atomic mass is 9.36. The van der Waals surface area contributed by atoms with E-state index in [0.717, 1.165) is 0 Å². The molecule has 0 nitrogen and oxygen atoms in total. The fraction of sp³-hybridized carbons (Fsp3) is 0.143. The van der Waals surface area contributed by atoms with Crippen molar-refractivity contribution in [3.8, 4) is 0 Å². The van der Waals surface area contributed by atoms with Gasteiger partial charge in [0, 0.05) is 45.2 Å². The zero-order chi connectivity index (χ0) is 23.4. The predicted octanol–water partition coefficient (Wildman–Crippen LogP) is 9.01. The molecule has 3 aromatic rings. The number of rotatable bonds is 3. The van der Waals surface area contributed by atoms with Crippen molar-refractivity contribution in [2.45, 2.75) is 20.8 Å². The summed E-state index contributed by atoms with van der Waals surface area (Å²) in [6, 6.07) is 4.84. The quantitative estimate of drug-likeness (QED) is 0.266. The van der Waals surface area contributed by atoms with Gasteiger partial charge < -0.3 is 0 Å². The van der Waals surface area contributed by atoms with E-state index in [2.05, 4.69) is 0 Å². The molecular formula is C21H12BCl9. The molecular weight excluding hydrogens is 582 g/mol. The van der Waals surface area contributed by atoms with Crippen LogP contribution in [0, 0.1) is 20.8 Å². The summed E-state index contributed by atoms with van der Waals surface area (Å²) < 4.78 is 0. The molecule has 0 saturated carbocycles. The molecule has 0 saturated heterocycles. The van der Waals surface area contributed by atoms with E-state index in [9.17, 15) is 0 Å². The Balaban J connectivity index is 2.56. The van der Waals surface area contributed by atoms with Gasteiger partial charge in [-0.15, -0.1) is 0 Å². The number of benzene rings is 3. The SMILES string of the molecule is Cc1c(Cl)cc(Cl)c(B(c2c(Cl)cc(Cl)c(C)c2Cl)c2c(Cl)cc(Cl)c(C)c2Cl)c1Cl. The molecule has 3 aromatic carbocycles. The van der Waals surface area contributed by atoms with Crippen LogP contribution in [0.4, 0.5) is 0 Å². The number of hydrogen-bond acceptors (Lipinski definition) is 0. The number of hydrogen-bond donors (Lipinski definition) is 0. The highest BCUT2D eigenvalue weighted by molar-refractivity contribution is 7.01. The second-order valence-corrected chi connectivity index (χ2v) is 10.6. The molecule has 0 aliphatic rings. The minimum Gasteiger partial charge on any atom is -0.0848 e. The first-order valence-corrected chi connectivity index (χ1v) is 12.2. The van der Waals surface area contributed by atoms with Crippen LogP contribution in [0.25, 0.3) is 0 Å². The highest BCUT2D eigenvalue weighted by atomic mass is 35.5. The van der Waals surface area contributed by atoms with Crippen molar-refractivity contribution >= 4 is 128 Å². The van der Waals surface area contributed by atoms with Gasteiger partial charge in [-0.2, -0.15) is 0 Å². The zero-order valence-corrected chi connectivity index (χ0v) is 23.0. The zero-order valence-electron chi connectivity index (χ0n) is 16.2. The second kappa shape index (κ2) is 9.91. The van der Waals surface area contributed by atoms with Gasteiger partial charge in [-0.05, 0) is 72.0 Å². The van der Waals surface area contributed by atoms with Crippen molar-refractivity contribution in [1.29, 1.82) is 0 Å². The summed E-state index contributed by atoms with van der Waals surface area (Å²) in [4.78, 5) is 0. The maximum atomic E-state index is 6.76. The summed E-state index contributed by atoms with van der Waals surface area (Å²) >= 11 is 59.1. The largest absolute Gasteiger partial charge is 0.252 e. The van der Waals surface area contributed by atoms with Crippen LogP contribution in [0.15, 0.2) is 18.2 Å². The topological polar surface area (TPSA) is 0 Å². The molecule has 0 heterocycles. The molecule has 0 amide bonds. The second-order valence-electron chi connectivity index (χ2n) is 7.01. The van der Waals surface area contributed by atoms with E-state index in [0.29, 0.717) is 78.3 Å². The van der Waals surface area contributed by atoms with Gasteiger partial charge in [0.05, 0.1) is 0 Å². The van der Waals surface area contributed by atoms with Crippen LogP contribution in [-0.2, 0) is 0 Å². The van der Waals surface area contributed by atoms with E-state index in [1.807, 2.05) is 0 Å². The highest BCUT2D eigenvalue weighted by Crippen LogP contribution is 2.33. The van der Waals surface area contributed by atoms with E-state index in [1.165, 1.54) is 0 Å². The Morgan fingerprint density at radius 2 is 0.645 bits per heavy atom. The van der Waals surface area contributed by atoms with Crippen molar-refractivity contribution in [3.63, 3.8) is 0 Å². The molecule has 0 aromatic heterocycles. The maximum absolute atomic E-state index is 6.76. The first-order valence-electron chi connectivity index (χ1n) is 8.80. The standard InChI is InChI=1S/C21H12BCl9/c1-7-10(23)4-13(26)16(19(7)29)22(17-14(27)5-11(24)8(2)20(17)30)18-15(28)6-12(25)9(3)21(18)31/h4-6H,1-3H3. The molecule has 0 bridgehead atoms. The lowest BCUT2D eigenvalue weighted by Gasteiger charge is -2.25. The molecule has 0 spiro atoms. The van der Waals surface area contributed by atoms with Crippen LogP contribution < -0.4 is 16.4 Å². The summed E-state index contributed by atoms with van der Waals surface area (Å²) in [7, 11) is 0. The first kappa shape index (κ1) is 25.9. The molecule has 0 N–H and O–H groups in total. The molecule has 31 heavy (non-hydrogen) atoms. The minimum absolute atomic E-state index is 0.310. The average molecular weight is 594 g/mol. The monoisotopic (exact) mass is 590 g/mol. The lowest BCUT2D eigenvalue weighted by molar-refractivity contribution is 1.47. The van der Waals surface area contributed by atoms with Gasteiger partial charge in [-0.25, -0.2) is 0 Å². The van der Waals surface area contributed by atoms with Crippen molar-refractivity contribution in [2.24, 2.45) is 0 Å². The summed E-state index contributed by atoms with van der Waals surface area (Å²) in [5.74, 6) is 0. The predicted molar refractivity (Wildman–Crippen MR) is 143 cm³/mol. The highest BCUT2D eigenvalue weighted by Gasteiger charge is 2.36. The normalized spacial score (nSPS) is 11.2. The Hall–Kier alpha value is 0.335. The Morgan fingerprint density at radius 1 is 0.419 bits per heavy atom. The lowest BCUT2D eigenvalue weighted by Crippen LogP contribution is -2.55. The van der Waals surface area contributed by atoms with Crippen LogP contribution in [0.5, 0.6) is 0 Å². The van der Waals surface area contributed by atoms with Gasteiger partial charge in [0.25, 0.3) is 6.71 Å². The van der Waals surface area contributed by atoms with E-state index in [-0.39, 0.29) is 0 Å². The van der Waals surface area contributed by atoms with Gasteiger partial charge in [-0.1, -0.05) is 104 Å². The Morgan fingerprint density at radius 3 is 0.871 bits per heavy atom. The van der Waals surface area contributed by atoms with E-state index in [4.69, 9.17) is 104 Å². The molecule has 3 rings (SSSR count). The van der Waals surface area contributed by atoms with Crippen LogP contribution in [-0.4, -0.2) is 6.71 Å². The maximum Gasteiger partial charge on any atom is 0.252 e. The van der Waals surface area contributed by atoms with Crippen molar-refractivity contribution in [2.75, 3.05) is 0 Å². The fourth-order valence-corrected chi connectivity index (χ4v) is 6.30. The summed E-state index contributed by atoms with van der Waals surface area (Å²) in [5, 5.41) is 3.25. The van der Waals surface area contributed by atoms with Crippen LogP contribution >= 0.6 is 104 Å². The molecule has 0 aliphatic heterocycles. The third kappa shape index (κ3) is 4.65. The van der Waals surface area contributed by atoms with Crippen LogP contribution in [0.1, 0.15) is 16.7 Å². The molecule has 0 radical (unpaired) electrons. The summed E-state index contributed by atoms with van der Waals surface area (Å²) in [6.07, 6.45) is 0. The Kier molecular flexibility index (Phi) is 8.29. The Bertz CT molecular complexity index is 1070. The minimum atomic E-state index is -0.720.